The van der Waals surface area contributed by atoms with Crippen molar-refractivity contribution in [1.82, 2.24) is 15.5 Å². The van der Waals surface area contributed by atoms with Crippen LogP contribution in [0, 0.1) is 5.82 Å². The molecule has 2 aromatic rings. The standard InChI is InChI=1S/C23H29FN4O.HI/c1-3-28(16-18-8-5-4-6-9-18)21(29)15-26-22(25-2)27-17-23(12-13-23)19-10-7-11-20(24)14-19;/h4-11,14H,3,12-13,15-17H2,1-2H3,(H2,25,26,27);1H. The van der Waals surface area contributed by atoms with E-state index < -0.39 is 0 Å². The lowest BCUT2D eigenvalue weighted by Crippen LogP contribution is -2.46. The van der Waals surface area contributed by atoms with Crippen molar-refractivity contribution < 1.29 is 9.18 Å². The molecule has 0 unspecified atom stereocenters. The molecule has 0 radical (unpaired) electrons. The Hall–Kier alpha value is -2.16. The molecule has 2 N–H and O–H groups in total. The highest BCUT2D eigenvalue weighted by Crippen LogP contribution is 2.47. The van der Waals surface area contributed by atoms with Gasteiger partial charge in [-0.15, -0.1) is 24.0 Å². The minimum atomic E-state index is -0.208. The maximum absolute atomic E-state index is 13.6. The van der Waals surface area contributed by atoms with Crippen LogP contribution in [0.4, 0.5) is 4.39 Å². The Morgan fingerprint density at radius 3 is 2.47 bits per heavy atom. The number of guanidine groups is 1. The van der Waals surface area contributed by atoms with Crippen LogP contribution in [0.25, 0.3) is 0 Å². The first-order chi connectivity index (χ1) is 14.1. The van der Waals surface area contributed by atoms with Crippen LogP contribution in [-0.2, 0) is 16.8 Å². The number of likely N-dealkylation sites (N-methyl/N-ethyl adjacent to an activating group) is 1. The molecule has 5 nitrogen and oxygen atoms in total. The third-order valence-electron chi connectivity index (χ3n) is 5.47. The van der Waals surface area contributed by atoms with Crippen LogP contribution in [0.15, 0.2) is 59.6 Å². The number of hydrogen-bond acceptors (Lipinski definition) is 2. The Morgan fingerprint density at radius 1 is 1.13 bits per heavy atom. The number of halogens is 2. The van der Waals surface area contributed by atoms with E-state index in [-0.39, 0.29) is 47.7 Å². The number of aliphatic imine (C=N–C) groups is 1. The first kappa shape index (κ1) is 24.1. The molecule has 0 atom stereocenters. The summed E-state index contributed by atoms with van der Waals surface area (Å²) >= 11 is 0. The average Bonchev–Trinajstić information content (AvgIpc) is 3.54. The predicted molar refractivity (Wildman–Crippen MR) is 130 cm³/mol. The number of nitrogens with zero attached hydrogens (tertiary/aromatic N) is 2. The molecule has 0 aliphatic heterocycles. The van der Waals surface area contributed by atoms with E-state index in [2.05, 4.69) is 15.6 Å². The van der Waals surface area contributed by atoms with Crippen molar-refractivity contribution in [3.8, 4) is 0 Å². The summed E-state index contributed by atoms with van der Waals surface area (Å²) in [6, 6.07) is 16.8. The Morgan fingerprint density at radius 2 is 1.87 bits per heavy atom. The molecule has 2 aromatic carbocycles. The molecule has 0 heterocycles. The lowest BCUT2D eigenvalue weighted by atomic mass is 9.96. The first-order valence-corrected chi connectivity index (χ1v) is 10.1. The molecule has 0 bridgehead atoms. The molecule has 162 valence electrons. The second kappa shape index (κ2) is 11.3. The highest BCUT2D eigenvalue weighted by atomic mass is 127. The normalized spacial score (nSPS) is 14.4. The van der Waals surface area contributed by atoms with Crippen LogP contribution in [-0.4, -0.2) is 43.4 Å². The van der Waals surface area contributed by atoms with Gasteiger partial charge in [-0.05, 0) is 43.0 Å². The van der Waals surface area contributed by atoms with Gasteiger partial charge in [0, 0.05) is 32.1 Å². The topological polar surface area (TPSA) is 56.7 Å². The number of nitrogens with one attached hydrogen (secondary N) is 2. The predicted octanol–water partition coefficient (Wildman–Crippen LogP) is 3.69. The minimum Gasteiger partial charge on any atom is -0.356 e. The van der Waals surface area contributed by atoms with E-state index in [0.29, 0.717) is 25.6 Å². The average molecular weight is 524 g/mol. The quantitative estimate of drug-likeness (QED) is 0.315. The molecular weight excluding hydrogens is 494 g/mol. The van der Waals surface area contributed by atoms with Crippen molar-refractivity contribution in [1.29, 1.82) is 0 Å². The summed E-state index contributed by atoms with van der Waals surface area (Å²) in [6.07, 6.45) is 2.03. The summed E-state index contributed by atoms with van der Waals surface area (Å²) in [7, 11) is 1.68. The fourth-order valence-corrected chi connectivity index (χ4v) is 3.46. The van der Waals surface area contributed by atoms with Crippen molar-refractivity contribution >= 4 is 35.8 Å². The Balaban J connectivity index is 0.00000320. The smallest absolute Gasteiger partial charge is 0.242 e. The van der Waals surface area contributed by atoms with Crippen molar-refractivity contribution in [3.63, 3.8) is 0 Å². The monoisotopic (exact) mass is 524 g/mol. The van der Waals surface area contributed by atoms with Gasteiger partial charge in [0.1, 0.15) is 5.82 Å². The van der Waals surface area contributed by atoms with Crippen LogP contribution in [0.1, 0.15) is 30.9 Å². The first-order valence-electron chi connectivity index (χ1n) is 10.1. The summed E-state index contributed by atoms with van der Waals surface area (Å²) in [5.41, 5.74) is 2.07. The van der Waals surface area contributed by atoms with E-state index in [0.717, 1.165) is 24.0 Å². The lowest BCUT2D eigenvalue weighted by Gasteiger charge is -2.23. The fraction of sp³-hybridized carbons (Fsp3) is 0.391. The van der Waals surface area contributed by atoms with Gasteiger partial charge in [-0.25, -0.2) is 4.39 Å². The van der Waals surface area contributed by atoms with Crippen LogP contribution >= 0.6 is 24.0 Å². The van der Waals surface area contributed by atoms with Crippen molar-refractivity contribution in [3.05, 3.63) is 71.5 Å². The Bertz CT molecular complexity index is 855. The lowest BCUT2D eigenvalue weighted by molar-refractivity contribution is -0.130. The second-order valence-corrected chi connectivity index (χ2v) is 7.46. The van der Waals surface area contributed by atoms with E-state index in [1.807, 2.05) is 48.2 Å². The van der Waals surface area contributed by atoms with Gasteiger partial charge < -0.3 is 15.5 Å². The van der Waals surface area contributed by atoms with Crippen LogP contribution in [0.2, 0.25) is 0 Å². The molecule has 30 heavy (non-hydrogen) atoms. The number of amides is 1. The summed E-state index contributed by atoms with van der Waals surface area (Å²) in [6.45, 7) is 4.04. The Kier molecular flexibility index (Phi) is 9.08. The third-order valence-corrected chi connectivity index (χ3v) is 5.47. The number of carbonyl (C=O) groups excluding carboxylic acids is 1. The van der Waals surface area contributed by atoms with Gasteiger partial charge in [-0.1, -0.05) is 42.5 Å². The maximum atomic E-state index is 13.6. The van der Waals surface area contributed by atoms with Gasteiger partial charge >= 0.3 is 0 Å². The molecule has 0 spiro atoms. The second-order valence-electron chi connectivity index (χ2n) is 7.46. The molecular formula is C23H30FIN4O. The number of carbonyl (C=O) groups is 1. The molecule has 0 saturated heterocycles. The highest BCUT2D eigenvalue weighted by Gasteiger charge is 2.44. The minimum absolute atomic E-state index is 0. The van der Waals surface area contributed by atoms with E-state index in [9.17, 15) is 9.18 Å². The molecule has 1 saturated carbocycles. The van der Waals surface area contributed by atoms with E-state index >= 15 is 0 Å². The molecule has 1 fully saturated rings. The molecule has 7 heteroatoms. The van der Waals surface area contributed by atoms with Crippen molar-refractivity contribution in [2.24, 2.45) is 4.99 Å². The summed E-state index contributed by atoms with van der Waals surface area (Å²) in [4.78, 5) is 18.6. The van der Waals surface area contributed by atoms with Gasteiger partial charge in [0.25, 0.3) is 0 Å². The SMILES string of the molecule is CCN(Cc1ccccc1)C(=O)CNC(=NC)NCC1(c2cccc(F)c2)CC1.I. The van der Waals surface area contributed by atoms with Crippen molar-refractivity contribution in [2.75, 3.05) is 26.7 Å². The van der Waals surface area contributed by atoms with E-state index in [1.165, 1.54) is 6.07 Å². The molecule has 1 aliphatic rings. The molecule has 0 aromatic heterocycles. The van der Waals surface area contributed by atoms with Gasteiger partial charge in [-0.2, -0.15) is 0 Å². The Labute approximate surface area is 195 Å². The zero-order valence-electron chi connectivity index (χ0n) is 17.5. The zero-order valence-corrected chi connectivity index (χ0v) is 19.9. The number of benzene rings is 2. The van der Waals surface area contributed by atoms with Gasteiger partial charge in [0.2, 0.25) is 5.91 Å². The zero-order chi connectivity index (χ0) is 20.7. The van der Waals surface area contributed by atoms with Gasteiger partial charge in [0.15, 0.2) is 5.96 Å². The molecule has 1 amide bonds. The number of rotatable bonds is 8. The van der Waals surface area contributed by atoms with Crippen LogP contribution in [0.5, 0.6) is 0 Å². The number of hydrogen-bond donors (Lipinski definition) is 2. The largest absolute Gasteiger partial charge is 0.356 e. The molecule has 1 aliphatic carbocycles. The summed E-state index contributed by atoms with van der Waals surface area (Å²) in [5, 5.41) is 6.40. The summed E-state index contributed by atoms with van der Waals surface area (Å²) in [5.74, 6) is 0.391. The van der Waals surface area contributed by atoms with E-state index in [1.54, 1.807) is 19.2 Å². The fourth-order valence-electron chi connectivity index (χ4n) is 3.46. The van der Waals surface area contributed by atoms with Gasteiger partial charge in [-0.3, -0.25) is 9.79 Å². The van der Waals surface area contributed by atoms with Crippen LogP contribution < -0.4 is 10.6 Å². The van der Waals surface area contributed by atoms with Crippen LogP contribution in [0.3, 0.4) is 0 Å². The van der Waals surface area contributed by atoms with Gasteiger partial charge in [0.05, 0.1) is 6.54 Å². The third kappa shape index (κ3) is 6.42. The van der Waals surface area contributed by atoms with Crippen molar-refractivity contribution in [2.45, 2.75) is 31.7 Å². The van der Waals surface area contributed by atoms with E-state index in [4.69, 9.17) is 0 Å². The summed E-state index contributed by atoms with van der Waals surface area (Å²) < 4.78 is 13.6. The maximum Gasteiger partial charge on any atom is 0.242 e. The highest BCUT2D eigenvalue weighted by molar-refractivity contribution is 14.0. The molecule has 3 rings (SSSR count).